The summed E-state index contributed by atoms with van der Waals surface area (Å²) in [5, 5.41) is 11.9. The number of piperidine rings is 1. The summed E-state index contributed by atoms with van der Waals surface area (Å²) in [7, 11) is 0. The van der Waals surface area contributed by atoms with Gasteiger partial charge in [0.1, 0.15) is 0 Å². The van der Waals surface area contributed by atoms with Gasteiger partial charge in [-0.05, 0) is 30.5 Å². The standard InChI is InChI=1S/C21H27N5O2/c27-21(22-15-17-5-2-1-3-6-17)18-7-4-10-26(16-18)20-9-8-19(23-24-20)25-11-13-28-14-12-25/h1-3,5-6,8-9,18H,4,7,10-16H2,(H,22,27). The molecule has 2 fully saturated rings. The molecule has 7 nitrogen and oxygen atoms in total. The molecular formula is C21H27N5O2. The number of nitrogens with zero attached hydrogens (tertiary/aromatic N) is 4. The summed E-state index contributed by atoms with van der Waals surface area (Å²) in [5.41, 5.74) is 1.12. The van der Waals surface area contributed by atoms with E-state index in [-0.39, 0.29) is 11.8 Å². The molecule has 1 unspecified atom stereocenters. The molecule has 1 atom stereocenters. The van der Waals surface area contributed by atoms with E-state index in [9.17, 15) is 4.79 Å². The number of rotatable bonds is 5. The Morgan fingerprint density at radius 3 is 2.43 bits per heavy atom. The largest absolute Gasteiger partial charge is 0.378 e. The van der Waals surface area contributed by atoms with Crippen LogP contribution in [0.2, 0.25) is 0 Å². The maximum absolute atomic E-state index is 12.6. The minimum Gasteiger partial charge on any atom is -0.378 e. The van der Waals surface area contributed by atoms with Gasteiger partial charge in [0.2, 0.25) is 5.91 Å². The summed E-state index contributed by atoms with van der Waals surface area (Å²) in [4.78, 5) is 17.0. The number of hydrogen-bond donors (Lipinski definition) is 1. The number of carbonyl (C=O) groups excluding carboxylic acids is 1. The molecule has 1 aromatic carbocycles. The van der Waals surface area contributed by atoms with Crippen LogP contribution < -0.4 is 15.1 Å². The lowest BCUT2D eigenvalue weighted by molar-refractivity contribution is -0.125. The third-order valence-electron chi connectivity index (χ3n) is 5.40. The Balaban J connectivity index is 1.33. The second-order valence-corrected chi connectivity index (χ2v) is 7.34. The molecule has 0 aliphatic carbocycles. The van der Waals surface area contributed by atoms with Gasteiger partial charge in [-0.1, -0.05) is 30.3 Å². The van der Waals surface area contributed by atoms with Crippen molar-refractivity contribution in [1.82, 2.24) is 15.5 Å². The summed E-state index contributed by atoms with van der Waals surface area (Å²) in [6.45, 7) is 5.33. The average molecular weight is 381 g/mol. The van der Waals surface area contributed by atoms with Gasteiger partial charge in [0.05, 0.1) is 19.1 Å². The molecule has 1 N–H and O–H groups in total. The first-order valence-corrected chi connectivity index (χ1v) is 10.0. The number of aromatic nitrogens is 2. The first kappa shape index (κ1) is 18.7. The minimum atomic E-state index is -0.0156. The van der Waals surface area contributed by atoms with Gasteiger partial charge in [0.15, 0.2) is 11.6 Å². The first-order chi connectivity index (χ1) is 13.8. The van der Waals surface area contributed by atoms with Crippen molar-refractivity contribution in [3.05, 3.63) is 48.0 Å². The monoisotopic (exact) mass is 381 g/mol. The SMILES string of the molecule is O=C(NCc1ccccc1)C1CCCN(c2ccc(N3CCOCC3)nn2)C1. The Kier molecular flexibility index (Phi) is 6.01. The second kappa shape index (κ2) is 9.01. The fourth-order valence-corrected chi connectivity index (χ4v) is 3.78. The van der Waals surface area contributed by atoms with Crippen LogP contribution in [0.15, 0.2) is 42.5 Å². The van der Waals surface area contributed by atoms with Gasteiger partial charge in [-0.25, -0.2) is 0 Å². The minimum absolute atomic E-state index is 0.0156. The molecule has 2 aliphatic rings. The van der Waals surface area contributed by atoms with Crippen molar-refractivity contribution in [2.75, 3.05) is 49.2 Å². The lowest BCUT2D eigenvalue weighted by Crippen LogP contribution is -2.43. The number of ether oxygens (including phenoxy) is 1. The molecule has 1 aromatic heterocycles. The highest BCUT2D eigenvalue weighted by atomic mass is 16.5. The number of amides is 1. The van der Waals surface area contributed by atoms with Gasteiger partial charge in [0.25, 0.3) is 0 Å². The molecule has 3 heterocycles. The summed E-state index contributed by atoms with van der Waals surface area (Å²) in [5.74, 6) is 1.84. The third kappa shape index (κ3) is 4.59. The van der Waals surface area contributed by atoms with E-state index in [2.05, 4.69) is 25.3 Å². The Labute approximate surface area is 165 Å². The van der Waals surface area contributed by atoms with Crippen molar-refractivity contribution in [2.24, 2.45) is 5.92 Å². The molecule has 0 saturated carbocycles. The number of carbonyl (C=O) groups is 1. The predicted molar refractivity (Wildman–Crippen MR) is 108 cm³/mol. The smallest absolute Gasteiger partial charge is 0.225 e. The fourth-order valence-electron chi connectivity index (χ4n) is 3.78. The molecule has 1 amide bonds. The highest BCUT2D eigenvalue weighted by Crippen LogP contribution is 2.23. The van der Waals surface area contributed by atoms with E-state index in [1.165, 1.54) is 0 Å². The Morgan fingerprint density at radius 1 is 1.00 bits per heavy atom. The van der Waals surface area contributed by atoms with Crippen LogP contribution in [0, 0.1) is 5.92 Å². The van der Waals surface area contributed by atoms with Crippen LogP contribution in [0.1, 0.15) is 18.4 Å². The molecule has 0 bridgehead atoms. The first-order valence-electron chi connectivity index (χ1n) is 10.0. The van der Waals surface area contributed by atoms with Gasteiger partial charge in [-0.2, -0.15) is 0 Å². The number of anilines is 2. The zero-order chi connectivity index (χ0) is 19.2. The average Bonchev–Trinajstić information content (AvgIpc) is 2.79. The highest BCUT2D eigenvalue weighted by Gasteiger charge is 2.26. The molecular weight excluding hydrogens is 354 g/mol. The Morgan fingerprint density at radius 2 is 1.71 bits per heavy atom. The Hall–Kier alpha value is -2.67. The molecule has 2 aliphatic heterocycles. The van der Waals surface area contributed by atoms with Crippen molar-refractivity contribution in [3.8, 4) is 0 Å². The van der Waals surface area contributed by atoms with Crippen molar-refractivity contribution < 1.29 is 9.53 Å². The lowest BCUT2D eigenvalue weighted by Gasteiger charge is -2.33. The van der Waals surface area contributed by atoms with E-state index in [0.29, 0.717) is 13.1 Å². The van der Waals surface area contributed by atoms with Crippen LogP contribution in [-0.4, -0.2) is 55.5 Å². The van der Waals surface area contributed by atoms with Crippen LogP contribution >= 0.6 is 0 Å². The van der Waals surface area contributed by atoms with Crippen molar-refractivity contribution in [1.29, 1.82) is 0 Å². The Bertz CT molecular complexity index is 762. The van der Waals surface area contributed by atoms with Gasteiger partial charge in [-0.3, -0.25) is 4.79 Å². The summed E-state index contributed by atoms with van der Waals surface area (Å²) in [6, 6.07) is 14.1. The van der Waals surface area contributed by atoms with E-state index in [1.807, 2.05) is 42.5 Å². The van der Waals surface area contributed by atoms with Crippen LogP contribution in [0.25, 0.3) is 0 Å². The lowest BCUT2D eigenvalue weighted by atomic mass is 9.97. The molecule has 2 aromatic rings. The molecule has 4 rings (SSSR count). The zero-order valence-electron chi connectivity index (χ0n) is 16.1. The normalized spacial score (nSPS) is 20.1. The van der Waals surface area contributed by atoms with Crippen LogP contribution in [0.3, 0.4) is 0 Å². The number of hydrogen-bond acceptors (Lipinski definition) is 6. The maximum Gasteiger partial charge on any atom is 0.225 e. The number of nitrogens with one attached hydrogen (secondary N) is 1. The molecule has 148 valence electrons. The number of morpholine rings is 1. The predicted octanol–water partition coefficient (Wildman–Crippen LogP) is 1.85. The second-order valence-electron chi connectivity index (χ2n) is 7.34. The van der Waals surface area contributed by atoms with E-state index >= 15 is 0 Å². The summed E-state index contributed by atoms with van der Waals surface area (Å²) >= 11 is 0. The summed E-state index contributed by atoms with van der Waals surface area (Å²) < 4.78 is 5.39. The van der Waals surface area contributed by atoms with Gasteiger partial charge in [-0.15, -0.1) is 10.2 Å². The van der Waals surface area contributed by atoms with E-state index < -0.39 is 0 Å². The maximum atomic E-state index is 12.6. The molecule has 2 saturated heterocycles. The zero-order valence-corrected chi connectivity index (χ0v) is 16.1. The molecule has 28 heavy (non-hydrogen) atoms. The van der Waals surface area contributed by atoms with Crippen molar-refractivity contribution >= 4 is 17.5 Å². The molecule has 0 spiro atoms. The van der Waals surface area contributed by atoms with E-state index in [1.54, 1.807) is 0 Å². The fraction of sp³-hybridized carbons (Fsp3) is 0.476. The number of benzene rings is 1. The molecule has 7 heteroatoms. The summed E-state index contributed by atoms with van der Waals surface area (Å²) in [6.07, 6.45) is 1.90. The topological polar surface area (TPSA) is 70.6 Å². The van der Waals surface area contributed by atoms with E-state index in [4.69, 9.17) is 4.74 Å². The third-order valence-corrected chi connectivity index (χ3v) is 5.40. The quantitative estimate of drug-likeness (QED) is 0.852. The van der Waals surface area contributed by atoms with Crippen LogP contribution in [0.5, 0.6) is 0 Å². The van der Waals surface area contributed by atoms with E-state index in [0.717, 1.165) is 62.9 Å². The van der Waals surface area contributed by atoms with Crippen molar-refractivity contribution in [2.45, 2.75) is 19.4 Å². The van der Waals surface area contributed by atoms with Gasteiger partial charge >= 0.3 is 0 Å². The van der Waals surface area contributed by atoms with Crippen LogP contribution in [-0.2, 0) is 16.1 Å². The van der Waals surface area contributed by atoms with Gasteiger partial charge < -0.3 is 19.9 Å². The highest BCUT2D eigenvalue weighted by molar-refractivity contribution is 5.79. The van der Waals surface area contributed by atoms with Crippen molar-refractivity contribution in [3.63, 3.8) is 0 Å². The van der Waals surface area contributed by atoms with Crippen LogP contribution in [0.4, 0.5) is 11.6 Å². The molecule has 0 radical (unpaired) electrons. The van der Waals surface area contributed by atoms with Gasteiger partial charge in [0, 0.05) is 32.7 Å².